The number of nitrogens with zero attached hydrogens (tertiary/aromatic N) is 1. The van der Waals surface area contributed by atoms with Gasteiger partial charge in [0.1, 0.15) is 0 Å². The molecule has 3 aromatic rings. The molecule has 0 amide bonds. The lowest BCUT2D eigenvalue weighted by Crippen LogP contribution is -2.57. The van der Waals surface area contributed by atoms with Crippen LogP contribution in [0.15, 0.2) is 59.5 Å². The summed E-state index contributed by atoms with van der Waals surface area (Å²) in [6, 6.07) is 17.6. The largest absolute Gasteiger partial charge is 0.493 e. The molecule has 5 rings (SSSR count). The molecule has 0 radical (unpaired) electrons. The normalized spacial score (nSPS) is 21.9. The van der Waals surface area contributed by atoms with Crippen molar-refractivity contribution in [3.05, 3.63) is 88.0 Å². The minimum Gasteiger partial charge on any atom is -0.493 e. The van der Waals surface area contributed by atoms with Crippen molar-refractivity contribution < 1.29 is 17.9 Å². The predicted octanol–water partition coefficient (Wildman–Crippen LogP) is 5.36. The molecule has 0 bridgehead atoms. The van der Waals surface area contributed by atoms with E-state index in [2.05, 4.69) is 38.1 Å². The molecule has 0 saturated heterocycles. The fourth-order valence-electron chi connectivity index (χ4n) is 5.72. The van der Waals surface area contributed by atoms with Gasteiger partial charge in [0.2, 0.25) is 10.0 Å². The van der Waals surface area contributed by atoms with E-state index in [1.165, 1.54) is 16.7 Å². The first-order valence-corrected chi connectivity index (χ1v) is 13.1. The molecule has 1 aliphatic carbocycles. The SMILES string of the molecule is COc1cc2c(cc1OC)[C@H]1c3cc(C)ccc3CN(S(=O)(=O)c3ccc(C)cc3)[C@]1(C)CC2. The zero-order valence-corrected chi connectivity index (χ0v) is 21.2. The van der Waals surface area contributed by atoms with Crippen LogP contribution in [-0.2, 0) is 23.0 Å². The summed E-state index contributed by atoms with van der Waals surface area (Å²) in [5.41, 5.74) is 6.14. The van der Waals surface area contributed by atoms with Crippen LogP contribution in [0.5, 0.6) is 11.5 Å². The first kappa shape index (κ1) is 22.9. The summed E-state index contributed by atoms with van der Waals surface area (Å²) in [5, 5.41) is 0. The Morgan fingerprint density at radius 3 is 2.15 bits per heavy atom. The Morgan fingerprint density at radius 1 is 0.853 bits per heavy atom. The molecule has 6 heteroatoms. The Morgan fingerprint density at radius 2 is 1.47 bits per heavy atom. The molecule has 0 saturated carbocycles. The quantitative estimate of drug-likeness (QED) is 0.508. The van der Waals surface area contributed by atoms with Crippen LogP contribution in [-0.4, -0.2) is 32.5 Å². The van der Waals surface area contributed by atoms with Crippen molar-refractivity contribution in [3.63, 3.8) is 0 Å². The molecule has 2 aliphatic rings. The van der Waals surface area contributed by atoms with E-state index in [0.717, 1.165) is 29.5 Å². The zero-order valence-electron chi connectivity index (χ0n) is 20.4. The van der Waals surface area contributed by atoms with Crippen molar-refractivity contribution in [1.82, 2.24) is 4.31 Å². The van der Waals surface area contributed by atoms with E-state index in [9.17, 15) is 8.42 Å². The minimum absolute atomic E-state index is 0.111. The Hall–Kier alpha value is -2.83. The van der Waals surface area contributed by atoms with E-state index in [0.29, 0.717) is 22.9 Å². The van der Waals surface area contributed by atoms with Gasteiger partial charge in [-0.25, -0.2) is 8.42 Å². The van der Waals surface area contributed by atoms with Crippen LogP contribution in [0.25, 0.3) is 0 Å². The Labute approximate surface area is 202 Å². The molecule has 2 atom stereocenters. The second-order valence-corrected chi connectivity index (χ2v) is 11.6. The van der Waals surface area contributed by atoms with Gasteiger partial charge in [0.15, 0.2) is 11.5 Å². The fraction of sp³-hybridized carbons (Fsp3) is 0.357. The average molecular weight is 478 g/mol. The Kier molecular flexibility index (Phi) is 5.49. The minimum atomic E-state index is -3.71. The second-order valence-electron chi connectivity index (χ2n) is 9.72. The highest BCUT2D eigenvalue weighted by Crippen LogP contribution is 2.54. The number of hydrogen-bond donors (Lipinski definition) is 0. The van der Waals surface area contributed by atoms with Gasteiger partial charge in [-0.15, -0.1) is 0 Å². The third-order valence-corrected chi connectivity index (χ3v) is 9.58. The lowest BCUT2D eigenvalue weighted by atomic mass is 9.64. The number of fused-ring (bicyclic) bond motifs is 5. The molecule has 0 fully saturated rings. The first-order chi connectivity index (χ1) is 16.2. The van der Waals surface area contributed by atoms with Crippen LogP contribution >= 0.6 is 0 Å². The molecule has 178 valence electrons. The second kappa shape index (κ2) is 8.14. The molecule has 0 unspecified atom stereocenters. The number of aryl methyl sites for hydroxylation is 3. The van der Waals surface area contributed by atoms with Crippen molar-refractivity contribution in [1.29, 1.82) is 0 Å². The topological polar surface area (TPSA) is 55.8 Å². The average Bonchev–Trinajstić information content (AvgIpc) is 2.82. The standard InChI is InChI=1S/C28H31NO4S/c1-18-7-10-22(11-8-18)34(30,31)29-17-21-9-6-19(2)14-23(21)27-24-16-26(33-5)25(32-4)15-20(24)12-13-28(27,29)3/h6-11,14-16,27H,12-13,17H2,1-5H3/t27-,28-/m1/s1. The molecule has 0 aromatic heterocycles. The van der Waals surface area contributed by atoms with Crippen LogP contribution in [0.3, 0.4) is 0 Å². The number of sulfonamides is 1. The summed E-state index contributed by atoms with van der Waals surface area (Å²) >= 11 is 0. The number of methoxy groups -OCH3 is 2. The van der Waals surface area contributed by atoms with Gasteiger partial charge in [0.25, 0.3) is 0 Å². The predicted molar refractivity (Wildman–Crippen MR) is 133 cm³/mol. The highest BCUT2D eigenvalue weighted by molar-refractivity contribution is 7.89. The van der Waals surface area contributed by atoms with Crippen molar-refractivity contribution in [2.24, 2.45) is 0 Å². The van der Waals surface area contributed by atoms with Gasteiger partial charge in [0.05, 0.1) is 19.1 Å². The number of benzene rings is 3. The van der Waals surface area contributed by atoms with Gasteiger partial charge in [0, 0.05) is 18.0 Å². The van der Waals surface area contributed by atoms with Crippen LogP contribution in [0.4, 0.5) is 0 Å². The third-order valence-electron chi connectivity index (χ3n) is 7.58. The van der Waals surface area contributed by atoms with E-state index in [1.807, 2.05) is 25.1 Å². The Balaban J connectivity index is 1.75. The molecule has 0 N–H and O–H groups in total. The van der Waals surface area contributed by atoms with Gasteiger partial charge < -0.3 is 9.47 Å². The first-order valence-electron chi connectivity index (χ1n) is 11.6. The maximum atomic E-state index is 14.1. The monoisotopic (exact) mass is 477 g/mol. The lowest BCUT2D eigenvalue weighted by molar-refractivity contribution is 0.138. The smallest absolute Gasteiger partial charge is 0.243 e. The summed E-state index contributed by atoms with van der Waals surface area (Å²) in [6.45, 7) is 6.52. The fourth-order valence-corrected chi connectivity index (χ4v) is 7.51. The number of rotatable bonds is 4. The van der Waals surface area contributed by atoms with Gasteiger partial charge in [-0.2, -0.15) is 4.31 Å². The van der Waals surface area contributed by atoms with Crippen LogP contribution in [0, 0.1) is 13.8 Å². The highest BCUT2D eigenvalue weighted by atomic mass is 32.2. The van der Waals surface area contributed by atoms with Crippen molar-refractivity contribution >= 4 is 10.0 Å². The van der Waals surface area contributed by atoms with Gasteiger partial charge in [-0.1, -0.05) is 41.5 Å². The summed E-state index contributed by atoms with van der Waals surface area (Å²) in [4.78, 5) is 0.340. The van der Waals surface area contributed by atoms with E-state index in [4.69, 9.17) is 9.47 Å². The van der Waals surface area contributed by atoms with E-state index >= 15 is 0 Å². The van der Waals surface area contributed by atoms with Crippen molar-refractivity contribution in [2.45, 2.75) is 56.5 Å². The van der Waals surface area contributed by atoms with Gasteiger partial charge >= 0.3 is 0 Å². The van der Waals surface area contributed by atoms with Crippen LogP contribution in [0.2, 0.25) is 0 Å². The van der Waals surface area contributed by atoms with E-state index < -0.39 is 15.6 Å². The summed E-state index contributed by atoms with van der Waals surface area (Å²) < 4.78 is 41.1. The van der Waals surface area contributed by atoms with Gasteiger partial charge in [-0.05, 0) is 80.1 Å². The van der Waals surface area contributed by atoms with Gasteiger partial charge in [-0.3, -0.25) is 0 Å². The van der Waals surface area contributed by atoms with E-state index in [1.54, 1.807) is 30.7 Å². The summed E-state index contributed by atoms with van der Waals surface area (Å²) in [5.74, 6) is 1.26. The third kappa shape index (κ3) is 3.43. The summed E-state index contributed by atoms with van der Waals surface area (Å²) in [7, 11) is -0.431. The maximum Gasteiger partial charge on any atom is 0.243 e. The van der Waals surface area contributed by atoms with Crippen molar-refractivity contribution in [2.75, 3.05) is 14.2 Å². The molecule has 1 aliphatic heterocycles. The molecule has 5 nitrogen and oxygen atoms in total. The van der Waals surface area contributed by atoms with E-state index in [-0.39, 0.29) is 5.92 Å². The molecule has 1 heterocycles. The molecular weight excluding hydrogens is 446 g/mol. The highest BCUT2D eigenvalue weighted by Gasteiger charge is 2.53. The summed E-state index contributed by atoms with van der Waals surface area (Å²) in [6.07, 6.45) is 1.49. The maximum absolute atomic E-state index is 14.1. The van der Waals surface area contributed by atoms with Crippen LogP contribution in [0.1, 0.15) is 52.6 Å². The lowest BCUT2D eigenvalue weighted by Gasteiger charge is -2.53. The molecule has 3 aromatic carbocycles. The molecular formula is C28H31NO4S. The van der Waals surface area contributed by atoms with Crippen molar-refractivity contribution in [3.8, 4) is 11.5 Å². The zero-order chi connectivity index (χ0) is 24.3. The molecule has 0 spiro atoms. The molecule has 34 heavy (non-hydrogen) atoms. The van der Waals surface area contributed by atoms with Crippen LogP contribution < -0.4 is 9.47 Å². The Bertz CT molecular complexity index is 1360. The number of ether oxygens (including phenoxy) is 2. The number of hydrogen-bond acceptors (Lipinski definition) is 4.